The van der Waals surface area contributed by atoms with E-state index in [1.54, 1.807) is 16.8 Å². The van der Waals surface area contributed by atoms with Crippen molar-refractivity contribution in [3.8, 4) is 0 Å². The molecule has 2 rings (SSSR count). The number of halogens is 2. The Balaban J connectivity index is 2.27. The Morgan fingerprint density at radius 2 is 2.31 bits per heavy atom. The van der Waals surface area contributed by atoms with Crippen molar-refractivity contribution in [1.29, 1.82) is 0 Å². The first-order valence-electron chi connectivity index (χ1n) is 4.61. The molecule has 1 aromatic heterocycles. The van der Waals surface area contributed by atoms with E-state index in [-0.39, 0.29) is 5.02 Å². The Labute approximate surface area is 96.5 Å². The molecule has 5 heteroatoms. The maximum Gasteiger partial charge on any atom is 0.185 e. The number of hydrogen-bond donors (Lipinski definition) is 0. The summed E-state index contributed by atoms with van der Waals surface area (Å²) in [7, 11) is 0. The topological polar surface area (TPSA) is 34.9 Å². The van der Waals surface area contributed by atoms with Crippen molar-refractivity contribution in [3.63, 3.8) is 0 Å². The highest BCUT2D eigenvalue weighted by atomic mass is 35.5. The van der Waals surface area contributed by atoms with Crippen LogP contribution in [0.15, 0.2) is 30.6 Å². The molecule has 1 aromatic carbocycles. The van der Waals surface area contributed by atoms with Gasteiger partial charge in [0.1, 0.15) is 5.82 Å². The molecule has 0 radical (unpaired) electrons. The van der Waals surface area contributed by atoms with Crippen LogP contribution in [0, 0.1) is 5.82 Å². The van der Waals surface area contributed by atoms with Crippen LogP contribution < -0.4 is 0 Å². The van der Waals surface area contributed by atoms with Gasteiger partial charge in [0.15, 0.2) is 12.1 Å². The monoisotopic (exact) mass is 238 g/mol. The third-order valence-corrected chi connectivity index (χ3v) is 2.48. The van der Waals surface area contributed by atoms with E-state index in [1.165, 1.54) is 18.3 Å². The molecule has 0 saturated carbocycles. The van der Waals surface area contributed by atoms with Gasteiger partial charge < -0.3 is 4.57 Å². The van der Waals surface area contributed by atoms with Gasteiger partial charge in [-0.25, -0.2) is 9.37 Å². The molecule has 0 atom stereocenters. The number of rotatable bonds is 3. The number of nitrogens with zero attached hydrogens (tertiary/aromatic N) is 2. The molecule has 0 amide bonds. The smallest absolute Gasteiger partial charge is 0.185 e. The highest BCUT2D eigenvalue weighted by molar-refractivity contribution is 6.30. The van der Waals surface area contributed by atoms with Crippen molar-refractivity contribution < 1.29 is 9.18 Å². The third-order valence-electron chi connectivity index (χ3n) is 2.19. The number of aldehydes is 1. The first kappa shape index (κ1) is 10.8. The van der Waals surface area contributed by atoms with E-state index in [0.717, 1.165) is 5.56 Å². The van der Waals surface area contributed by atoms with Crippen molar-refractivity contribution in [3.05, 3.63) is 52.8 Å². The van der Waals surface area contributed by atoms with E-state index < -0.39 is 5.82 Å². The minimum Gasteiger partial charge on any atom is -0.324 e. The molecule has 2 aromatic rings. The summed E-state index contributed by atoms with van der Waals surface area (Å²) in [6.07, 6.45) is 3.89. The Bertz CT molecular complexity index is 524. The summed E-state index contributed by atoms with van der Waals surface area (Å²) in [5.41, 5.74) is 0.813. The summed E-state index contributed by atoms with van der Waals surface area (Å²) >= 11 is 5.66. The highest BCUT2D eigenvalue weighted by Crippen LogP contribution is 2.16. The van der Waals surface area contributed by atoms with Crippen LogP contribution in [0.5, 0.6) is 0 Å². The van der Waals surface area contributed by atoms with Gasteiger partial charge in [-0.05, 0) is 17.7 Å². The number of imidazole rings is 1. The van der Waals surface area contributed by atoms with E-state index >= 15 is 0 Å². The van der Waals surface area contributed by atoms with Crippen LogP contribution >= 0.6 is 11.6 Å². The van der Waals surface area contributed by atoms with Gasteiger partial charge in [-0.3, -0.25) is 4.79 Å². The van der Waals surface area contributed by atoms with Gasteiger partial charge >= 0.3 is 0 Å². The SMILES string of the molecule is O=Cc1nccn1Cc1ccc(F)c(Cl)c1. The van der Waals surface area contributed by atoms with E-state index in [2.05, 4.69) is 4.98 Å². The van der Waals surface area contributed by atoms with E-state index in [0.29, 0.717) is 18.7 Å². The van der Waals surface area contributed by atoms with Gasteiger partial charge in [0.25, 0.3) is 0 Å². The first-order valence-corrected chi connectivity index (χ1v) is 4.99. The van der Waals surface area contributed by atoms with Gasteiger partial charge in [-0.15, -0.1) is 0 Å². The molecule has 0 aliphatic rings. The predicted octanol–water partition coefficient (Wildman–Crippen LogP) is 2.54. The Morgan fingerprint density at radius 1 is 1.50 bits per heavy atom. The average molecular weight is 239 g/mol. The first-order chi connectivity index (χ1) is 7.70. The van der Waals surface area contributed by atoms with Gasteiger partial charge in [0.05, 0.1) is 5.02 Å². The van der Waals surface area contributed by atoms with E-state index in [4.69, 9.17) is 11.6 Å². The number of carbonyl (C=O) groups is 1. The lowest BCUT2D eigenvalue weighted by molar-refractivity contribution is 0.111. The lowest BCUT2D eigenvalue weighted by Gasteiger charge is -2.05. The summed E-state index contributed by atoms with van der Waals surface area (Å²) < 4.78 is 14.6. The molecule has 0 unspecified atom stereocenters. The maximum absolute atomic E-state index is 12.9. The van der Waals surface area contributed by atoms with Gasteiger partial charge in [0, 0.05) is 18.9 Å². The lowest BCUT2D eigenvalue weighted by Crippen LogP contribution is -2.03. The van der Waals surface area contributed by atoms with Crippen LogP contribution in [0.2, 0.25) is 5.02 Å². The largest absolute Gasteiger partial charge is 0.324 e. The van der Waals surface area contributed by atoms with Gasteiger partial charge in [-0.2, -0.15) is 0 Å². The standard InChI is InChI=1S/C11H8ClFN2O/c12-9-5-8(1-2-10(9)13)6-15-4-3-14-11(15)7-16/h1-5,7H,6H2. The zero-order valence-electron chi connectivity index (χ0n) is 8.23. The summed E-state index contributed by atoms with van der Waals surface area (Å²) in [5, 5.41) is 0.0743. The molecular weight excluding hydrogens is 231 g/mol. The number of aromatic nitrogens is 2. The van der Waals surface area contributed by atoms with Crippen LogP contribution in [0.1, 0.15) is 16.2 Å². The molecule has 16 heavy (non-hydrogen) atoms. The van der Waals surface area contributed by atoms with Crippen LogP contribution in [-0.4, -0.2) is 15.8 Å². The second kappa shape index (κ2) is 4.45. The normalized spacial score (nSPS) is 10.4. The second-order valence-corrected chi connectivity index (χ2v) is 3.69. The van der Waals surface area contributed by atoms with Crippen molar-refractivity contribution >= 4 is 17.9 Å². The zero-order valence-corrected chi connectivity index (χ0v) is 8.99. The molecule has 0 N–H and O–H groups in total. The van der Waals surface area contributed by atoms with Crippen molar-refractivity contribution in [1.82, 2.24) is 9.55 Å². The highest BCUT2D eigenvalue weighted by Gasteiger charge is 2.04. The quantitative estimate of drug-likeness (QED) is 0.771. The lowest BCUT2D eigenvalue weighted by atomic mass is 10.2. The second-order valence-electron chi connectivity index (χ2n) is 3.28. The molecule has 0 spiro atoms. The summed E-state index contributed by atoms with van der Waals surface area (Å²) in [5.74, 6) is -0.118. The summed E-state index contributed by atoms with van der Waals surface area (Å²) in [6.45, 7) is 0.439. The van der Waals surface area contributed by atoms with Crippen molar-refractivity contribution in [2.45, 2.75) is 6.54 Å². The van der Waals surface area contributed by atoms with Crippen LogP contribution in [0.4, 0.5) is 4.39 Å². The molecule has 3 nitrogen and oxygen atoms in total. The minimum absolute atomic E-state index is 0.0743. The molecule has 0 saturated heterocycles. The summed E-state index contributed by atoms with van der Waals surface area (Å²) in [6, 6.07) is 4.45. The minimum atomic E-state index is -0.452. The average Bonchev–Trinajstić information content (AvgIpc) is 2.71. The molecule has 0 bridgehead atoms. The Kier molecular flexibility index (Phi) is 3.01. The van der Waals surface area contributed by atoms with Crippen molar-refractivity contribution in [2.75, 3.05) is 0 Å². The van der Waals surface area contributed by atoms with Crippen molar-refractivity contribution in [2.24, 2.45) is 0 Å². The molecule has 0 aliphatic heterocycles. The molecular formula is C11H8ClFN2O. The fraction of sp³-hybridized carbons (Fsp3) is 0.0909. The fourth-order valence-electron chi connectivity index (χ4n) is 1.41. The summed E-state index contributed by atoms with van der Waals surface area (Å²) in [4.78, 5) is 14.5. The third kappa shape index (κ3) is 2.12. The Hall–Kier alpha value is -1.68. The number of hydrogen-bond acceptors (Lipinski definition) is 2. The molecule has 82 valence electrons. The van der Waals surface area contributed by atoms with Gasteiger partial charge in [0.2, 0.25) is 0 Å². The molecule has 0 fully saturated rings. The Morgan fingerprint density at radius 3 is 3.00 bits per heavy atom. The van der Waals surface area contributed by atoms with E-state index in [9.17, 15) is 9.18 Å². The van der Waals surface area contributed by atoms with Crippen LogP contribution in [-0.2, 0) is 6.54 Å². The fourth-order valence-corrected chi connectivity index (χ4v) is 1.61. The zero-order chi connectivity index (χ0) is 11.5. The predicted molar refractivity (Wildman–Crippen MR) is 58.1 cm³/mol. The molecule has 1 heterocycles. The number of carbonyl (C=O) groups excluding carboxylic acids is 1. The van der Waals surface area contributed by atoms with E-state index in [1.807, 2.05) is 0 Å². The van der Waals surface area contributed by atoms with Crippen LogP contribution in [0.3, 0.4) is 0 Å². The maximum atomic E-state index is 12.9. The number of benzene rings is 1. The van der Waals surface area contributed by atoms with Gasteiger partial charge in [-0.1, -0.05) is 17.7 Å². The van der Waals surface area contributed by atoms with Crippen LogP contribution in [0.25, 0.3) is 0 Å². The molecule has 0 aliphatic carbocycles.